The number of hydrogen-bond donors (Lipinski definition) is 1. The first kappa shape index (κ1) is 11.3. The van der Waals surface area contributed by atoms with E-state index in [2.05, 4.69) is 31.6 Å². The number of fused-ring (bicyclic) bond motifs is 1. The Balaban J connectivity index is 2.00. The molecule has 1 aliphatic heterocycles. The van der Waals surface area contributed by atoms with E-state index in [9.17, 15) is 9.18 Å². The summed E-state index contributed by atoms with van der Waals surface area (Å²) in [5.74, 6) is -0.650. The zero-order valence-electron chi connectivity index (χ0n) is 9.10. The van der Waals surface area contributed by atoms with Gasteiger partial charge in [-0.1, -0.05) is 21.1 Å². The van der Waals surface area contributed by atoms with Gasteiger partial charge >= 0.3 is 0 Å². The lowest BCUT2D eigenvalue weighted by Gasteiger charge is -2.24. The van der Waals surface area contributed by atoms with E-state index in [1.165, 1.54) is 16.9 Å². The molecule has 0 saturated carbocycles. The predicted molar refractivity (Wildman–Crippen MR) is 64.3 cm³/mol. The van der Waals surface area contributed by atoms with E-state index in [4.69, 9.17) is 0 Å². The fraction of sp³-hybridized carbons (Fsp3) is 0.182. The van der Waals surface area contributed by atoms with Crippen molar-refractivity contribution in [2.45, 2.75) is 12.6 Å². The Morgan fingerprint density at radius 3 is 3.17 bits per heavy atom. The van der Waals surface area contributed by atoms with Gasteiger partial charge in [0, 0.05) is 10.0 Å². The van der Waals surface area contributed by atoms with Crippen LogP contribution in [-0.2, 0) is 6.54 Å². The molecule has 2 heterocycles. The topological polar surface area (TPSA) is 59.8 Å². The molecule has 5 nitrogen and oxygen atoms in total. The summed E-state index contributed by atoms with van der Waals surface area (Å²) in [5, 5.41) is 10.2. The van der Waals surface area contributed by atoms with E-state index in [1.807, 2.05) is 0 Å². The molecule has 0 saturated heterocycles. The molecule has 0 spiro atoms. The van der Waals surface area contributed by atoms with Gasteiger partial charge in [-0.25, -0.2) is 9.07 Å². The smallest absolute Gasteiger partial charge is 0.271 e. The maximum absolute atomic E-state index is 13.8. The Bertz CT molecular complexity index is 627. The molecule has 1 unspecified atom stereocenters. The van der Waals surface area contributed by atoms with Gasteiger partial charge in [-0.3, -0.25) is 4.79 Å². The number of nitrogens with zero attached hydrogens (tertiary/aromatic N) is 3. The largest absolute Gasteiger partial charge is 0.342 e. The highest BCUT2D eigenvalue weighted by Gasteiger charge is 2.28. The summed E-state index contributed by atoms with van der Waals surface area (Å²) in [6, 6.07) is 4.19. The van der Waals surface area contributed by atoms with E-state index in [1.54, 1.807) is 12.1 Å². The molecule has 1 aliphatic rings. The summed E-state index contributed by atoms with van der Waals surface area (Å²) in [6.07, 6.45) is 1.39. The molecular weight excluding hydrogens is 303 g/mol. The third-order valence-corrected chi connectivity index (χ3v) is 3.34. The van der Waals surface area contributed by atoms with Gasteiger partial charge in [0.05, 0.1) is 18.8 Å². The summed E-state index contributed by atoms with van der Waals surface area (Å²) < 4.78 is 16.0. The lowest BCUT2D eigenvalue weighted by atomic mass is 10.0. The molecular formula is C11H8BrFN4O. The van der Waals surface area contributed by atoms with Crippen LogP contribution in [0.3, 0.4) is 0 Å². The molecule has 3 rings (SSSR count). The average Bonchev–Trinajstić information content (AvgIpc) is 2.81. The van der Waals surface area contributed by atoms with Crippen molar-refractivity contribution in [1.82, 2.24) is 20.3 Å². The van der Waals surface area contributed by atoms with E-state index < -0.39 is 6.04 Å². The highest BCUT2D eigenvalue weighted by atomic mass is 79.9. The van der Waals surface area contributed by atoms with E-state index in [-0.39, 0.29) is 11.7 Å². The first-order valence-corrected chi connectivity index (χ1v) is 6.09. The number of hydrogen-bond acceptors (Lipinski definition) is 3. The molecule has 0 bridgehead atoms. The van der Waals surface area contributed by atoms with Crippen LogP contribution in [0.5, 0.6) is 0 Å². The van der Waals surface area contributed by atoms with Crippen LogP contribution in [-0.4, -0.2) is 20.9 Å². The number of nitrogens with one attached hydrogen (secondary N) is 1. The summed E-state index contributed by atoms with van der Waals surface area (Å²) in [6.45, 7) is 0.369. The minimum atomic E-state index is -0.441. The number of carbonyl (C=O) groups excluding carboxylic acids is 1. The van der Waals surface area contributed by atoms with Crippen molar-refractivity contribution in [3.05, 3.63) is 45.9 Å². The van der Waals surface area contributed by atoms with Gasteiger partial charge in [-0.15, -0.1) is 5.10 Å². The fourth-order valence-electron chi connectivity index (χ4n) is 1.98. The highest BCUT2D eigenvalue weighted by Crippen LogP contribution is 2.25. The SMILES string of the molecule is O=C1NC(c2cc(Br)ccc2F)Cn2nncc21. The van der Waals surface area contributed by atoms with E-state index >= 15 is 0 Å². The average molecular weight is 311 g/mol. The Morgan fingerprint density at radius 1 is 1.50 bits per heavy atom. The highest BCUT2D eigenvalue weighted by molar-refractivity contribution is 9.10. The molecule has 7 heteroatoms. The van der Waals surface area contributed by atoms with Gasteiger partial charge in [0.1, 0.15) is 11.5 Å². The minimum absolute atomic E-state index is 0.296. The molecule has 1 aromatic carbocycles. The van der Waals surface area contributed by atoms with Gasteiger partial charge < -0.3 is 5.32 Å². The molecule has 1 N–H and O–H groups in total. The van der Waals surface area contributed by atoms with Crippen molar-refractivity contribution in [3.8, 4) is 0 Å². The van der Waals surface area contributed by atoms with Crippen LogP contribution in [0.1, 0.15) is 22.1 Å². The van der Waals surface area contributed by atoms with Crippen LogP contribution in [0.4, 0.5) is 4.39 Å². The summed E-state index contributed by atoms with van der Waals surface area (Å²) in [7, 11) is 0. The monoisotopic (exact) mass is 310 g/mol. The number of halogens is 2. The molecule has 0 fully saturated rings. The van der Waals surface area contributed by atoms with Crippen molar-refractivity contribution < 1.29 is 9.18 Å². The van der Waals surface area contributed by atoms with Crippen molar-refractivity contribution in [2.24, 2.45) is 0 Å². The Kier molecular flexibility index (Phi) is 2.62. The van der Waals surface area contributed by atoms with Crippen LogP contribution in [0.2, 0.25) is 0 Å². The third kappa shape index (κ3) is 1.80. The third-order valence-electron chi connectivity index (χ3n) is 2.84. The molecule has 1 amide bonds. The first-order valence-electron chi connectivity index (χ1n) is 5.29. The van der Waals surface area contributed by atoms with Gasteiger partial charge in [0.2, 0.25) is 0 Å². The lowest BCUT2D eigenvalue weighted by molar-refractivity contribution is 0.0894. The zero-order chi connectivity index (χ0) is 12.7. The second kappa shape index (κ2) is 4.16. The first-order chi connectivity index (χ1) is 8.65. The van der Waals surface area contributed by atoms with E-state index in [0.717, 1.165) is 4.47 Å². The van der Waals surface area contributed by atoms with Gasteiger partial charge in [-0.05, 0) is 18.2 Å². The second-order valence-electron chi connectivity index (χ2n) is 3.99. The zero-order valence-corrected chi connectivity index (χ0v) is 10.7. The molecule has 1 atom stereocenters. The summed E-state index contributed by atoms with van der Waals surface area (Å²) in [5.41, 5.74) is 0.820. The van der Waals surface area contributed by atoms with Crippen LogP contribution >= 0.6 is 15.9 Å². The van der Waals surface area contributed by atoms with Crippen molar-refractivity contribution in [3.63, 3.8) is 0 Å². The summed E-state index contributed by atoms with van der Waals surface area (Å²) >= 11 is 3.29. The Labute approximate surface area is 110 Å². The number of aromatic nitrogens is 3. The molecule has 0 radical (unpaired) electrons. The molecule has 92 valence electrons. The normalized spacial score (nSPS) is 18.3. The standard InChI is InChI=1S/C11H8BrFN4O/c12-6-1-2-8(13)7(3-6)9-5-17-10(4-14-16-17)11(18)15-9/h1-4,9H,5H2,(H,15,18). The summed E-state index contributed by atoms with van der Waals surface area (Å²) in [4.78, 5) is 11.8. The predicted octanol–water partition coefficient (Wildman–Crippen LogP) is 1.66. The maximum atomic E-state index is 13.8. The molecule has 0 aliphatic carbocycles. The molecule has 2 aromatic rings. The molecule has 18 heavy (non-hydrogen) atoms. The van der Waals surface area contributed by atoms with Gasteiger partial charge in [-0.2, -0.15) is 0 Å². The van der Waals surface area contributed by atoms with Crippen molar-refractivity contribution in [1.29, 1.82) is 0 Å². The number of rotatable bonds is 1. The molecule has 1 aromatic heterocycles. The Hall–Kier alpha value is -1.76. The van der Waals surface area contributed by atoms with Gasteiger partial charge in [0.15, 0.2) is 0 Å². The van der Waals surface area contributed by atoms with Crippen molar-refractivity contribution in [2.75, 3.05) is 0 Å². The number of amides is 1. The number of carbonyl (C=O) groups is 1. The van der Waals surface area contributed by atoms with Crippen LogP contribution in [0.25, 0.3) is 0 Å². The van der Waals surface area contributed by atoms with Crippen LogP contribution in [0, 0.1) is 5.82 Å². The van der Waals surface area contributed by atoms with Crippen molar-refractivity contribution >= 4 is 21.8 Å². The van der Waals surface area contributed by atoms with E-state index in [0.29, 0.717) is 17.8 Å². The van der Waals surface area contributed by atoms with Gasteiger partial charge in [0.25, 0.3) is 5.91 Å². The lowest BCUT2D eigenvalue weighted by Crippen LogP contribution is -2.39. The van der Waals surface area contributed by atoms with Crippen LogP contribution < -0.4 is 5.32 Å². The Morgan fingerprint density at radius 2 is 2.33 bits per heavy atom. The quantitative estimate of drug-likeness (QED) is 0.871. The minimum Gasteiger partial charge on any atom is -0.342 e. The number of benzene rings is 1. The maximum Gasteiger partial charge on any atom is 0.271 e. The second-order valence-corrected chi connectivity index (χ2v) is 4.91. The van der Waals surface area contributed by atoms with Crippen LogP contribution in [0.15, 0.2) is 28.9 Å². The fourth-order valence-corrected chi connectivity index (χ4v) is 2.36.